The minimum Gasteiger partial charge on any atom is -0.347 e. The Labute approximate surface area is 104 Å². The molecule has 3 aromatic rings. The fourth-order valence-corrected chi connectivity index (χ4v) is 2.02. The predicted octanol–water partition coefficient (Wildman–Crippen LogP) is 2.13. The summed E-state index contributed by atoms with van der Waals surface area (Å²) in [5, 5.41) is 12.9. The maximum absolute atomic E-state index is 4.29. The van der Waals surface area contributed by atoms with Crippen molar-refractivity contribution in [1.82, 2.24) is 19.4 Å². The van der Waals surface area contributed by atoms with Gasteiger partial charge in [0.25, 0.3) is 0 Å². The molecule has 0 radical (unpaired) electrons. The van der Waals surface area contributed by atoms with Crippen LogP contribution in [0.25, 0.3) is 10.9 Å². The molecule has 1 aromatic carbocycles. The fraction of sp³-hybridized carbons (Fsp3) is 0.154. The van der Waals surface area contributed by atoms with Gasteiger partial charge < -0.3 is 4.57 Å². The van der Waals surface area contributed by atoms with Crippen LogP contribution in [0.4, 0.5) is 0 Å². The first-order chi connectivity index (χ1) is 8.88. The highest BCUT2D eigenvalue weighted by molar-refractivity contribution is 5.99. The first-order valence-electron chi connectivity index (χ1n) is 5.85. The van der Waals surface area contributed by atoms with Crippen molar-refractivity contribution in [2.75, 3.05) is 0 Å². The Hall–Kier alpha value is -2.43. The van der Waals surface area contributed by atoms with Gasteiger partial charge in [0.15, 0.2) is 0 Å². The highest BCUT2D eigenvalue weighted by Gasteiger charge is 2.04. The van der Waals surface area contributed by atoms with E-state index >= 15 is 0 Å². The summed E-state index contributed by atoms with van der Waals surface area (Å²) in [5.41, 5.74) is 2.33. The molecular weight excluding hydrogens is 226 g/mol. The number of aryl methyl sites for hydroxylation is 1. The molecule has 0 fully saturated rings. The van der Waals surface area contributed by atoms with E-state index in [1.165, 1.54) is 10.9 Å². The van der Waals surface area contributed by atoms with Crippen LogP contribution in [0, 0.1) is 0 Å². The number of hydrogen-bond acceptors (Lipinski definition) is 3. The minimum atomic E-state index is 0.945. The third-order valence-electron chi connectivity index (χ3n) is 2.90. The second-order valence-electron chi connectivity index (χ2n) is 3.97. The third kappa shape index (κ3) is 1.79. The monoisotopic (exact) mass is 239 g/mol. The van der Waals surface area contributed by atoms with Crippen LogP contribution in [0.1, 0.15) is 12.5 Å². The van der Waals surface area contributed by atoms with Gasteiger partial charge in [0, 0.05) is 29.2 Å². The van der Waals surface area contributed by atoms with Gasteiger partial charge >= 0.3 is 0 Å². The highest BCUT2D eigenvalue weighted by Crippen LogP contribution is 2.19. The molecule has 0 atom stereocenters. The van der Waals surface area contributed by atoms with Crippen LogP contribution in [0.2, 0.25) is 0 Å². The molecule has 0 bridgehead atoms. The summed E-state index contributed by atoms with van der Waals surface area (Å²) >= 11 is 0. The normalized spacial score (nSPS) is 11.6. The summed E-state index contributed by atoms with van der Waals surface area (Å²) in [7, 11) is 0. The van der Waals surface area contributed by atoms with E-state index in [0.717, 1.165) is 12.1 Å². The molecular formula is C13H13N5. The molecule has 0 unspecified atom stereocenters. The molecule has 5 heteroatoms. The topological polar surface area (TPSA) is 48.0 Å². The lowest BCUT2D eigenvalue weighted by Crippen LogP contribution is -1.90. The molecule has 0 aliphatic heterocycles. The van der Waals surface area contributed by atoms with Crippen molar-refractivity contribution in [3.8, 4) is 0 Å². The van der Waals surface area contributed by atoms with Crippen LogP contribution in [0.3, 0.4) is 0 Å². The van der Waals surface area contributed by atoms with Crippen LogP contribution in [-0.4, -0.2) is 25.7 Å². The van der Waals surface area contributed by atoms with Crippen LogP contribution in [0.15, 0.2) is 48.2 Å². The molecule has 2 heterocycles. The molecule has 3 rings (SSSR count). The summed E-state index contributed by atoms with van der Waals surface area (Å²) in [6, 6.07) is 8.32. The first kappa shape index (κ1) is 10.7. The zero-order valence-electron chi connectivity index (χ0n) is 10.1. The Morgan fingerprint density at radius 3 is 2.78 bits per heavy atom. The quantitative estimate of drug-likeness (QED) is 0.657. The van der Waals surface area contributed by atoms with Crippen molar-refractivity contribution >= 4 is 17.1 Å². The molecule has 0 saturated heterocycles. The molecule has 0 N–H and O–H groups in total. The molecule has 90 valence electrons. The van der Waals surface area contributed by atoms with Crippen LogP contribution < -0.4 is 0 Å². The largest absolute Gasteiger partial charge is 0.347 e. The zero-order chi connectivity index (χ0) is 12.4. The molecule has 0 aliphatic rings. The standard InChI is InChI=1S/C13H13N5/c1-2-17-8-11(7-16-18-9-14-15-10-18)12-5-3-4-6-13(12)17/h3-10H,2H2,1H3/b16-7-. The predicted molar refractivity (Wildman–Crippen MR) is 70.6 cm³/mol. The smallest absolute Gasteiger partial charge is 0.141 e. The van der Waals surface area contributed by atoms with Gasteiger partial charge in [-0.15, -0.1) is 10.2 Å². The fourth-order valence-electron chi connectivity index (χ4n) is 2.02. The lowest BCUT2D eigenvalue weighted by Gasteiger charge is -1.97. The van der Waals surface area contributed by atoms with Crippen LogP contribution in [-0.2, 0) is 6.54 Å². The van der Waals surface area contributed by atoms with Gasteiger partial charge in [-0.3, -0.25) is 0 Å². The number of hydrogen-bond donors (Lipinski definition) is 0. The first-order valence-corrected chi connectivity index (χ1v) is 5.85. The van der Waals surface area contributed by atoms with Gasteiger partial charge in [0.05, 0.1) is 6.21 Å². The number of benzene rings is 1. The number of fused-ring (bicyclic) bond motifs is 1. The maximum Gasteiger partial charge on any atom is 0.141 e. The SMILES string of the molecule is CCn1cc(/C=N\n2cnnc2)c2ccccc21. The maximum atomic E-state index is 4.29. The van der Waals surface area contributed by atoms with Gasteiger partial charge in [0.1, 0.15) is 12.7 Å². The number of nitrogens with zero attached hydrogens (tertiary/aromatic N) is 5. The van der Waals surface area contributed by atoms with Gasteiger partial charge in [-0.1, -0.05) is 18.2 Å². The average molecular weight is 239 g/mol. The van der Waals surface area contributed by atoms with E-state index in [9.17, 15) is 0 Å². The lowest BCUT2D eigenvalue weighted by atomic mass is 10.2. The number of aromatic nitrogens is 4. The van der Waals surface area contributed by atoms with Gasteiger partial charge in [-0.25, -0.2) is 4.68 Å². The summed E-state index contributed by atoms with van der Waals surface area (Å²) in [6.07, 6.45) is 7.07. The van der Waals surface area contributed by atoms with Crippen molar-refractivity contribution in [2.24, 2.45) is 5.10 Å². The molecule has 0 amide bonds. The lowest BCUT2D eigenvalue weighted by molar-refractivity contribution is 0.797. The van der Waals surface area contributed by atoms with Gasteiger partial charge in [-0.05, 0) is 13.0 Å². The average Bonchev–Trinajstić information content (AvgIpc) is 3.04. The summed E-state index contributed by atoms with van der Waals surface area (Å²) in [5.74, 6) is 0. The highest BCUT2D eigenvalue weighted by atomic mass is 15.4. The van der Waals surface area contributed by atoms with E-state index in [2.05, 4.69) is 51.2 Å². The van der Waals surface area contributed by atoms with E-state index in [-0.39, 0.29) is 0 Å². The summed E-state index contributed by atoms with van der Waals surface area (Å²) in [4.78, 5) is 0. The Bertz CT molecular complexity index is 679. The second-order valence-corrected chi connectivity index (χ2v) is 3.97. The third-order valence-corrected chi connectivity index (χ3v) is 2.90. The molecule has 0 saturated carbocycles. The van der Waals surface area contributed by atoms with E-state index in [1.54, 1.807) is 17.3 Å². The van der Waals surface area contributed by atoms with E-state index in [4.69, 9.17) is 0 Å². The van der Waals surface area contributed by atoms with Crippen molar-refractivity contribution in [3.05, 3.63) is 48.7 Å². The Kier molecular flexibility index (Phi) is 2.64. The zero-order valence-corrected chi connectivity index (χ0v) is 10.1. The van der Waals surface area contributed by atoms with Crippen molar-refractivity contribution in [2.45, 2.75) is 13.5 Å². The van der Waals surface area contributed by atoms with E-state index < -0.39 is 0 Å². The summed E-state index contributed by atoms with van der Waals surface area (Å²) < 4.78 is 3.79. The number of rotatable bonds is 3. The molecule has 0 aliphatic carbocycles. The number of para-hydroxylation sites is 1. The van der Waals surface area contributed by atoms with E-state index in [0.29, 0.717) is 0 Å². The minimum absolute atomic E-state index is 0.945. The van der Waals surface area contributed by atoms with Crippen molar-refractivity contribution in [1.29, 1.82) is 0 Å². The molecule has 0 spiro atoms. The summed E-state index contributed by atoms with van der Waals surface area (Å²) in [6.45, 7) is 3.08. The van der Waals surface area contributed by atoms with Gasteiger partial charge in [-0.2, -0.15) is 5.10 Å². The molecule has 5 nitrogen and oxygen atoms in total. The van der Waals surface area contributed by atoms with Gasteiger partial charge in [0.2, 0.25) is 0 Å². The molecule has 18 heavy (non-hydrogen) atoms. The second kappa shape index (κ2) is 4.44. The Morgan fingerprint density at radius 2 is 2.00 bits per heavy atom. The van der Waals surface area contributed by atoms with Crippen LogP contribution in [0.5, 0.6) is 0 Å². The van der Waals surface area contributed by atoms with E-state index in [1.807, 2.05) is 12.3 Å². The molecule has 2 aromatic heterocycles. The van der Waals surface area contributed by atoms with Crippen molar-refractivity contribution < 1.29 is 0 Å². The Balaban J connectivity index is 2.07. The van der Waals surface area contributed by atoms with Crippen LogP contribution >= 0.6 is 0 Å². The Morgan fingerprint density at radius 1 is 1.22 bits per heavy atom. The van der Waals surface area contributed by atoms with Crippen molar-refractivity contribution in [3.63, 3.8) is 0 Å².